The minimum Gasteiger partial charge on any atom is -0.495 e. The number of allylic oxidation sites excluding steroid dienone is 1. The highest BCUT2D eigenvalue weighted by molar-refractivity contribution is 5.81. The number of amides is 1. The minimum absolute atomic E-state index is 0.243. The smallest absolute Gasteiger partial charge is 0.348 e. The fraction of sp³-hybridized carbons (Fsp3) is 0.370. The lowest BCUT2D eigenvalue weighted by atomic mass is 9.99. The van der Waals surface area contributed by atoms with Crippen LogP contribution in [0.1, 0.15) is 36.2 Å². The third-order valence-corrected chi connectivity index (χ3v) is 7.27. The highest BCUT2D eigenvalue weighted by atomic mass is 16.5. The maximum Gasteiger partial charge on any atom is 0.348 e. The minimum atomic E-state index is -0.284. The van der Waals surface area contributed by atoms with Gasteiger partial charge in [-0.05, 0) is 66.0 Å². The van der Waals surface area contributed by atoms with Crippen LogP contribution >= 0.6 is 0 Å². The van der Waals surface area contributed by atoms with Crippen LogP contribution in [0.4, 0.5) is 0 Å². The molecule has 1 atom stereocenters. The number of ether oxygens (including phenoxy) is 1. The standard InChI is InChI=1S/C27H28N4O3/c1-34-24-15-22(21-8-5-18-3-2-4-20(18)14-21)9-10-23(24)31-25(28-29-27(31)33)13-17-11-12-30(16-17)26(32)19-6-7-19/h2-3,5,8-10,14-15,17,19H,4,6-7,11-13,16H2,1H3,(H,29,33)/t17-/m0/s1. The Hall–Kier alpha value is -3.61. The molecule has 0 spiro atoms. The predicted molar refractivity (Wildman–Crippen MR) is 130 cm³/mol. The summed E-state index contributed by atoms with van der Waals surface area (Å²) in [5.74, 6) is 2.12. The van der Waals surface area contributed by atoms with Crippen LogP contribution in [0, 0.1) is 11.8 Å². The lowest BCUT2D eigenvalue weighted by molar-refractivity contribution is -0.131. The molecule has 2 aliphatic carbocycles. The Kier molecular flexibility index (Phi) is 5.12. The maximum absolute atomic E-state index is 12.8. The largest absolute Gasteiger partial charge is 0.495 e. The molecule has 34 heavy (non-hydrogen) atoms. The molecule has 6 rings (SSSR count). The Bertz CT molecular complexity index is 1350. The second-order valence-electron chi connectivity index (χ2n) is 9.60. The van der Waals surface area contributed by atoms with E-state index < -0.39 is 0 Å². The summed E-state index contributed by atoms with van der Waals surface area (Å²) in [4.78, 5) is 27.2. The second kappa shape index (κ2) is 8.31. The average Bonchev–Trinajstić information content (AvgIpc) is 3.24. The fourth-order valence-electron chi connectivity index (χ4n) is 5.24. The molecule has 0 bridgehead atoms. The number of aromatic amines is 1. The van der Waals surface area contributed by atoms with Crippen LogP contribution in [0.5, 0.6) is 5.75 Å². The van der Waals surface area contributed by atoms with Gasteiger partial charge in [0.05, 0.1) is 12.8 Å². The summed E-state index contributed by atoms with van der Waals surface area (Å²) in [6, 6.07) is 12.4. The molecule has 0 unspecified atom stereocenters. The van der Waals surface area contributed by atoms with E-state index in [1.54, 1.807) is 11.7 Å². The van der Waals surface area contributed by atoms with E-state index in [9.17, 15) is 9.59 Å². The van der Waals surface area contributed by atoms with Crippen LogP contribution in [0.2, 0.25) is 0 Å². The molecule has 1 amide bonds. The van der Waals surface area contributed by atoms with Crippen LogP contribution in [-0.2, 0) is 17.6 Å². The van der Waals surface area contributed by atoms with Gasteiger partial charge in [0.15, 0.2) is 0 Å². The van der Waals surface area contributed by atoms with Gasteiger partial charge in [-0.2, -0.15) is 5.10 Å². The van der Waals surface area contributed by atoms with Gasteiger partial charge in [0, 0.05) is 25.4 Å². The van der Waals surface area contributed by atoms with Gasteiger partial charge in [0.1, 0.15) is 11.6 Å². The van der Waals surface area contributed by atoms with Gasteiger partial charge >= 0.3 is 5.69 Å². The van der Waals surface area contributed by atoms with E-state index in [1.807, 2.05) is 23.1 Å². The molecular weight excluding hydrogens is 428 g/mol. The highest BCUT2D eigenvalue weighted by Crippen LogP contribution is 2.34. The number of hydrogen-bond donors (Lipinski definition) is 1. The SMILES string of the molecule is COc1cc(-c2ccc3c(c2)CC=C3)ccc1-n1c(C[C@@H]2CCN(C(=O)C3CC3)C2)n[nH]c1=O. The molecule has 1 N–H and O–H groups in total. The van der Waals surface area contributed by atoms with Gasteiger partial charge in [-0.1, -0.05) is 36.4 Å². The molecule has 2 aromatic carbocycles. The van der Waals surface area contributed by atoms with Crippen molar-refractivity contribution < 1.29 is 9.53 Å². The van der Waals surface area contributed by atoms with Crippen molar-refractivity contribution in [1.82, 2.24) is 19.7 Å². The summed E-state index contributed by atoms with van der Waals surface area (Å²) in [7, 11) is 1.62. The van der Waals surface area contributed by atoms with Crippen molar-refractivity contribution in [2.45, 2.75) is 32.1 Å². The van der Waals surface area contributed by atoms with Gasteiger partial charge in [-0.25, -0.2) is 14.5 Å². The number of nitrogens with one attached hydrogen (secondary N) is 1. The van der Waals surface area contributed by atoms with Crippen LogP contribution < -0.4 is 10.4 Å². The first-order valence-corrected chi connectivity index (χ1v) is 12.0. The van der Waals surface area contributed by atoms with Crippen molar-refractivity contribution in [3.63, 3.8) is 0 Å². The van der Waals surface area contributed by atoms with Gasteiger partial charge in [0.25, 0.3) is 0 Å². The third kappa shape index (κ3) is 3.75. The maximum atomic E-state index is 12.8. The zero-order chi connectivity index (χ0) is 23.2. The molecule has 7 nitrogen and oxygen atoms in total. The number of aromatic nitrogens is 3. The third-order valence-electron chi connectivity index (χ3n) is 7.27. The van der Waals surface area contributed by atoms with Crippen LogP contribution in [0.3, 0.4) is 0 Å². The van der Waals surface area contributed by atoms with E-state index in [-0.39, 0.29) is 11.6 Å². The first kappa shape index (κ1) is 21.0. The lowest BCUT2D eigenvalue weighted by Crippen LogP contribution is -2.30. The van der Waals surface area contributed by atoms with Crippen LogP contribution in [-0.4, -0.2) is 45.8 Å². The van der Waals surface area contributed by atoms with E-state index in [1.165, 1.54) is 11.1 Å². The second-order valence-corrected chi connectivity index (χ2v) is 9.60. The molecule has 7 heteroatoms. The van der Waals surface area contributed by atoms with E-state index >= 15 is 0 Å². The number of rotatable bonds is 6. The molecule has 3 aliphatic rings. The van der Waals surface area contributed by atoms with E-state index in [2.05, 4.69) is 40.5 Å². The zero-order valence-corrected chi connectivity index (χ0v) is 19.3. The summed E-state index contributed by atoms with van der Waals surface area (Å²) in [6.45, 7) is 1.53. The Morgan fingerprint density at radius 2 is 1.97 bits per heavy atom. The van der Waals surface area contributed by atoms with Crippen molar-refractivity contribution in [3.8, 4) is 22.6 Å². The Labute approximate surface area is 198 Å². The monoisotopic (exact) mass is 456 g/mol. The number of carbonyl (C=O) groups excluding carboxylic acids is 1. The van der Waals surface area contributed by atoms with Gasteiger partial charge in [-0.15, -0.1) is 0 Å². The normalized spacial score (nSPS) is 19.0. The van der Waals surface area contributed by atoms with Gasteiger partial charge in [-0.3, -0.25) is 4.79 Å². The first-order chi connectivity index (χ1) is 16.6. The number of nitrogens with zero attached hydrogens (tertiary/aromatic N) is 3. The summed E-state index contributed by atoms with van der Waals surface area (Å²) >= 11 is 0. The molecule has 1 saturated heterocycles. The molecule has 0 radical (unpaired) electrons. The van der Waals surface area contributed by atoms with E-state index in [0.29, 0.717) is 35.5 Å². The molecule has 3 aromatic rings. The Balaban J connectivity index is 1.27. The van der Waals surface area contributed by atoms with Crippen molar-refractivity contribution in [2.75, 3.05) is 20.2 Å². The fourth-order valence-corrected chi connectivity index (χ4v) is 5.24. The van der Waals surface area contributed by atoms with E-state index in [4.69, 9.17) is 4.74 Å². The van der Waals surface area contributed by atoms with Gasteiger partial charge in [0.2, 0.25) is 5.91 Å². The molecule has 174 valence electrons. The molecule has 2 fully saturated rings. The first-order valence-electron chi connectivity index (χ1n) is 12.0. The number of hydrogen-bond acceptors (Lipinski definition) is 4. The Morgan fingerprint density at radius 3 is 2.79 bits per heavy atom. The molecular formula is C27H28N4O3. The topological polar surface area (TPSA) is 80.2 Å². The van der Waals surface area contributed by atoms with Crippen molar-refractivity contribution in [3.05, 3.63) is 69.9 Å². The molecule has 1 aliphatic heterocycles. The molecule has 1 saturated carbocycles. The zero-order valence-electron chi connectivity index (χ0n) is 19.3. The average molecular weight is 457 g/mol. The van der Waals surface area contributed by atoms with Crippen molar-refractivity contribution in [1.29, 1.82) is 0 Å². The Morgan fingerprint density at radius 1 is 1.15 bits per heavy atom. The quantitative estimate of drug-likeness (QED) is 0.615. The summed E-state index contributed by atoms with van der Waals surface area (Å²) in [6.07, 6.45) is 8.90. The van der Waals surface area contributed by atoms with Crippen LogP contribution in [0.15, 0.2) is 47.3 Å². The number of H-pyrrole nitrogens is 1. The van der Waals surface area contributed by atoms with Gasteiger partial charge < -0.3 is 9.64 Å². The summed E-state index contributed by atoms with van der Waals surface area (Å²) < 4.78 is 7.33. The number of carbonyl (C=O) groups is 1. The lowest BCUT2D eigenvalue weighted by Gasteiger charge is -2.17. The van der Waals surface area contributed by atoms with E-state index in [0.717, 1.165) is 49.9 Å². The van der Waals surface area contributed by atoms with Crippen molar-refractivity contribution in [2.24, 2.45) is 11.8 Å². The summed E-state index contributed by atoms with van der Waals surface area (Å²) in [5.41, 5.74) is 5.14. The summed E-state index contributed by atoms with van der Waals surface area (Å²) in [5, 5.41) is 6.94. The van der Waals surface area contributed by atoms with Crippen molar-refractivity contribution >= 4 is 12.0 Å². The molecule has 1 aromatic heterocycles. The number of fused-ring (bicyclic) bond motifs is 1. The predicted octanol–water partition coefficient (Wildman–Crippen LogP) is 3.61. The highest BCUT2D eigenvalue weighted by Gasteiger charge is 2.37. The number of likely N-dealkylation sites (tertiary alicyclic amines) is 1. The number of benzene rings is 2. The molecule has 2 heterocycles. The van der Waals surface area contributed by atoms with Crippen LogP contribution in [0.25, 0.3) is 22.9 Å². The number of methoxy groups -OCH3 is 1.